The summed E-state index contributed by atoms with van der Waals surface area (Å²) in [5.41, 5.74) is 0.963. The molecule has 1 aliphatic heterocycles. The van der Waals surface area contributed by atoms with Crippen molar-refractivity contribution >= 4 is 39.8 Å². The molecule has 0 saturated carbocycles. The molecular weight excluding hydrogens is 391 g/mol. The molecule has 1 aliphatic rings. The number of carbonyl (C=O) groups is 2. The van der Waals surface area contributed by atoms with E-state index in [0.29, 0.717) is 23.0 Å². The van der Waals surface area contributed by atoms with E-state index in [2.05, 4.69) is 5.32 Å². The summed E-state index contributed by atoms with van der Waals surface area (Å²) in [5, 5.41) is 3.31. The van der Waals surface area contributed by atoms with E-state index in [1.165, 1.54) is 23.5 Å². The van der Waals surface area contributed by atoms with Gasteiger partial charge in [-0.05, 0) is 50.6 Å². The lowest BCUT2D eigenvalue weighted by Gasteiger charge is -2.35. The van der Waals surface area contributed by atoms with Crippen LogP contribution in [0.5, 0.6) is 0 Å². The minimum absolute atomic E-state index is 0.0160. The van der Waals surface area contributed by atoms with Gasteiger partial charge >= 0.3 is 0 Å². The highest BCUT2D eigenvalue weighted by Gasteiger charge is 2.28. The third-order valence-corrected chi connectivity index (χ3v) is 5.68. The van der Waals surface area contributed by atoms with Gasteiger partial charge < -0.3 is 15.0 Å². The lowest BCUT2D eigenvalue weighted by molar-refractivity contribution is -0.0585. The lowest BCUT2D eigenvalue weighted by atomic mass is 10.2. The number of nitrogens with one attached hydrogen (secondary N) is 1. The Morgan fingerprint density at radius 1 is 1.26 bits per heavy atom. The molecule has 2 heterocycles. The molecule has 1 fully saturated rings. The van der Waals surface area contributed by atoms with Gasteiger partial charge in [0.1, 0.15) is 5.82 Å². The van der Waals surface area contributed by atoms with Crippen LogP contribution in [0.4, 0.5) is 9.39 Å². The zero-order chi connectivity index (χ0) is 19.7. The first-order valence-corrected chi connectivity index (χ1v) is 9.75. The number of rotatable bonds is 3. The Balaban J connectivity index is 1.76. The summed E-state index contributed by atoms with van der Waals surface area (Å²) >= 11 is 7.15. The van der Waals surface area contributed by atoms with Crippen molar-refractivity contribution in [2.24, 2.45) is 0 Å². The van der Waals surface area contributed by atoms with E-state index in [-0.39, 0.29) is 28.7 Å². The third kappa shape index (κ3) is 4.48. The number of hydrogen-bond acceptors (Lipinski definition) is 4. The van der Waals surface area contributed by atoms with Crippen molar-refractivity contribution in [1.29, 1.82) is 0 Å². The van der Waals surface area contributed by atoms with Crippen molar-refractivity contribution in [3.8, 4) is 0 Å². The molecule has 2 amide bonds. The van der Waals surface area contributed by atoms with Crippen LogP contribution in [-0.4, -0.2) is 42.0 Å². The van der Waals surface area contributed by atoms with E-state index in [0.717, 1.165) is 11.6 Å². The molecule has 0 spiro atoms. The van der Waals surface area contributed by atoms with Crippen molar-refractivity contribution in [1.82, 2.24) is 4.90 Å². The first-order valence-electron chi connectivity index (χ1n) is 8.56. The van der Waals surface area contributed by atoms with E-state index in [9.17, 15) is 14.0 Å². The predicted octanol–water partition coefficient (Wildman–Crippen LogP) is 4.35. The summed E-state index contributed by atoms with van der Waals surface area (Å²) in [7, 11) is 0. The molecule has 2 unspecified atom stereocenters. The number of anilines is 1. The predicted molar refractivity (Wildman–Crippen MR) is 104 cm³/mol. The normalized spacial score (nSPS) is 19.8. The van der Waals surface area contributed by atoms with Crippen molar-refractivity contribution in [2.45, 2.75) is 33.0 Å². The number of thiophene rings is 1. The molecule has 3 rings (SSSR count). The molecule has 0 radical (unpaired) electrons. The van der Waals surface area contributed by atoms with Gasteiger partial charge in [0, 0.05) is 13.1 Å². The van der Waals surface area contributed by atoms with Gasteiger partial charge in [-0.3, -0.25) is 9.59 Å². The summed E-state index contributed by atoms with van der Waals surface area (Å²) in [6.45, 7) is 6.78. The second-order valence-corrected chi connectivity index (χ2v) is 8.13. The van der Waals surface area contributed by atoms with E-state index < -0.39 is 11.7 Å². The van der Waals surface area contributed by atoms with Crippen LogP contribution in [0.25, 0.3) is 0 Å². The number of halogens is 2. The maximum Gasteiger partial charge on any atom is 0.264 e. The quantitative estimate of drug-likeness (QED) is 0.818. The van der Waals surface area contributed by atoms with Gasteiger partial charge in [-0.15, -0.1) is 11.3 Å². The van der Waals surface area contributed by atoms with Crippen molar-refractivity contribution in [2.75, 3.05) is 18.4 Å². The molecule has 5 nitrogen and oxygen atoms in total. The summed E-state index contributed by atoms with van der Waals surface area (Å²) < 4.78 is 18.8. The number of hydrogen-bond donors (Lipinski definition) is 1. The van der Waals surface area contributed by atoms with Gasteiger partial charge in [0.25, 0.3) is 11.8 Å². The highest BCUT2D eigenvalue weighted by atomic mass is 35.5. The van der Waals surface area contributed by atoms with Crippen LogP contribution >= 0.6 is 22.9 Å². The van der Waals surface area contributed by atoms with Gasteiger partial charge in [0.05, 0.1) is 32.7 Å². The van der Waals surface area contributed by atoms with Gasteiger partial charge in [-0.2, -0.15) is 0 Å². The summed E-state index contributed by atoms with van der Waals surface area (Å²) in [5.74, 6) is -1.03. The highest BCUT2D eigenvalue weighted by Crippen LogP contribution is 2.30. The fraction of sp³-hybridized carbons (Fsp3) is 0.368. The molecule has 0 bridgehead atoms. The van der Waals surface area contributed by atoms with E-state index >= 15 is 0 Å². The Hall–Kier alpha value is -1.96. The van der Waals surface area contributed by atoms with Gasteiger partial charge in [-0.25, -0.2) is 4.39 Å². The van der Waals surface area contributed by atoms with Crippen LogP contribution in [0.3, 0.4) is 0 Å². The second-order valence-electron chi connectivity index (χ2n) is 6.67. The minimum Gasteiger partial charge on any atom is -0.372 e. The maximum absolute atomic E-state index is 13.1. The van der Waals surface area contributed by atoms with Crippen LogP contribution < -0.4 is 5.32 Å². The Bertz CT molecular complexity index is 876. The number of nitrogens with zero attached hydrogens (tertiary/aromatic N) is 1. The Morgan fingerprint density at radius 3 is 2.56 bits per heavy atom. The van der Waals surface area contributed by atoms with Crippen LogP contribution in [0.2, 0.25) is 5.02 Å². The molecule has 1 saturated heterocycles. The van der Waals surface area contributed by atoms with Gasteiger partial charge in [0.2, 0.25) is 0 Å². The topological polar surface area (TPSA) is 58.6 Å². The maximum atomic E-state index is 13.1. The average molecular weight is 411 g/mol. The third-order valence-electron chi connectivity index (χ3n) is 4.23. The minimum atomic E-state index is -0.509. The Labute approximate surface area is 166 Å². The zero-order valence-corrected chi connectivity index (χ0v) is 16.8. The van der Waals surface area contributed by atoms with Crippen LogP contribution in [0.15, 0.2) is 24.3 Å². The molecule has 2 aromatic rings. The first-order chi connectivity index (χ1) is 12.7. The standard InChI is InChI=1S/C19H20ClFN2O3S/c1-10-6-16(22-18(24)14-5-4-13(21)7-15(14)20)27-17(10)19(25)23-8-11(2)26-12(3)9-23/h4-7,11-12H,8-9H2,1-3H3,(H,22,24). The molecular formula is C19H20ClFN2O3S. The Morgan fingerprint density at radius 2 is 1.93 bits per heavy atom. The fourth-order valence-electron chi connectivity index (χ4n) is 3.10. The van der Waals surface area contributed by atoms with Crippen molar-refractivity contribution in [3.05, 3.63) is 51.1 Å². The summed E-state index contributed by atoms with van der Waals surface area (Å²) in [6.07, 6.45) is -0.0319. The lowest BCUT2D eigenvalue weighted by Crippen LogP contribution is -2.48. The highest BCUT2D eigenvalue weighted by molar-refractivity contribution is 7.18. The van der Waals surface area contributed by atoms with Gasteiger partial charge in [-0.1, -0.05) is 11.6 Å². The second kappa shape index (κ2) is 7.96. The SMILES string of the molecule is Cc1cc(NC(=O)c2ccc(F)cc2Cl)sc1C(=O)N1CC(C)OC(C)C1. The number of carbonyl (C=O) groups excluding carboxylic acids is 2. The monoisotopic (exact) mass is 410 g/mol. The molecule has 1 aromatic heterocycles. The van der Waals surface area contributed by atoms with E-state index in [1.807, 2.05) is 20.8 Å². The van der Waals surface area contributed by atoms with Crippen LogP contribution in [-0.2, 0) is 4.74 Å². The number of benzene rings is 1. The summed E-state index contributed by atoms with van der Waals surface area (Å²) in [6, 6.07) is 5.35. The number of morpholine rings is 1. The number of ether oxygens (including phenoxy) is 1. The smallest absolute Gasteiger partial charge is 0.264 e. The molecule has 1 aromatic carbocycles. The zero-order valence-electron chi connectivity index (χ0n) is 15.2. The van der Waals surface area contributed by atoms with Crippen LogP contribution in [0.1, 0.15) is 39.4 Å². The van der Waals surface area contributed by atoms with Crippen LogP contribution in [0, 0.1) is 12.7 Å². The largest absolute Gasteiger partial charge is 0.372 e. The van der Waals surface area contributed by atoms with Crippen molar-refractivity contribution in [3.63, 3.8) is 0 Å². The number of aryl methyl sites for hydroxylation is 1. The summed E-state index contributed by atoms with van der Waals surface area (Å²) in [4.78, 5) is 27.6. The molecule has 1 N–H and O–H groups in total. The van der Waals surface area contributed by atoms with E-state index in [1.54, 1.807) is 11.0 Å². The molecule has 0 aliphatic carbocycles. The average Bonchev–Trinajstić information content (AvgIpc) is 2.93. The number of amides is 2. The Kier molecular flexibility index (Phi) is 5.83. The molecule has 27 heavy (non-hydrogen) atoms. The van der Waals surface area contributed by atoms with Gasteiger partial charge in [0.15, 0.2) is 0 Å². The molecule has 8 heteroatoms. The fourth-order valence-corrected chi connectivity index (χ4v) is 4.38. The van der Waals surface area contributed by atoms with Crippen molar-refractivity contribution < 1.29 is 18.7 Å². The molecule has 144 valence electrons. The molecule has 2 atom stereocenters. The van der Waals surface area contributed by atoms with E-state index in [4.69, 9.17) is 16.3 Å². The first kappa shape index (κ1) is 19.8.